The number of methoxy groups -OCH3 is 1. The van der Waals surface area contributed by atoms with E-state index in [9.17, 15) is 0 Å². The largest absolute Gasteiger partial charge is 0.383 e. The number of hydrogen-bond acceptors (Lipinski definition) is 3. The molecular weight excluding hydrogens is 214 g/mol. The first-order valence-electron chi connectivity index (χ1n) is 5.63. The van der Waals surface area contributed by atoms with Gasteiger partial charge in [-0.15, -0.1) is 0 Å². The Morgan fingerprint density at radius 2 is 2.06 bits per heavy atom. The van der Waals surface area contributed by atoms with E-state index in [1.54, 1.807) is 13.3 Å². The predicted octanol–water partition coefficient (Wildman–Crippen LogP) is 2.58. The minimum atomic E-state index is 0.680. The molecule has 0 radical (unpaired) electrons. The van der Waals surface area contributed by atoms with Crippen molar-refractivity contribution in [3.05, 3.63) is 42.2 Å². The maximum Gasteiger partial charge on any atom is 0.207 e. The molecule has 4 nitrogen and oxygen atoms in total. The van der Waals surface area contributed by atoms with Crippen LogP contribution in [0.15, 0.2) is 36.7 Å². The van der Waals surface area contributed by atoms with Crippen LogP contribution >= 0.6 is 0 Å². The molecule has 1 N–H and O–H groups in total. The molecule has 0 aliphatic rings. The zero-order chi connectivity index (χ0) is 12.1. The van der Waals surface area contributed by atoms with Crippen molar-refractivity contribution in [3.8, 4) is 0 Å². The molecule has 0 aliphatic carbocycles. The van der Waals surface area contributed by atoms with Gasteiger partial charge in [-0.05, 0) is 19.1 Å². The van der Waals surface area contributed by atoms with E-state index in [1.165, 1.54) is 5.56 Å². The number of rotatable bonds is 5. The van der Waals surface area contributed by atoms with Crippen LogP contribution in [0.4, 0.5) is 11.6 Å². The second kappa shape index (κ2) is 5.50. The van der Waals surface area contributed by atoms with Gasteiger partial charge in [0.25, 0.3) is 0 Å². The third-order valence-electron chi connectivity index (χ3n) is 2.56. The van der Waals surface area contributed by atoms with Gasteiger partial charge in [-0.3, -0.25) is 0 Å². The standard InChI is InChI=1S/C13H17N3O/c1-11-3-5-12(6-4-11)15-13-14-7-8-16(13)9-10-17-2/h3-8H,9-10H2,1-2H3,(H,14,15). The molecule has 1 heterocycles. The summed E-state index contributed by atoms with van der Waals surface area (Å²) in [6, 6.07) is 8.24. The molecule has 0 saturated carbocycles. The van der Waals surface area contributed by atoms with Crippen molar-refractivity contribution in [1.82, 2.24) is 9.55 Å². The zero-order valence-corrected chi connectivity index (χ0v) is 10.2. The Morgan fingerprint density at radius 3 is 2.76 bits per heavy atom. The van der Waals surface area contributed by atoms with Gasteiger partial charge in [0.15, 0.2) is 0 Å². The molecule has 0 atom stereocenters. The van der Waals surface area contributed by atoms with Crippen LogP contribution in [0, 0.1) is 6.92 Å². The second-order valence-electron chi connectivity index (χ2n) is 3.93. The lowest BCUT2D eigenvalue weighted by atomic mass is 10.2. The van der Waals surface area contributed by atoms with Crippen molar-refractivity contribution >= 4 is 11.6 Å². The summed E-state index contributed by atoms with van der Waals surface area (Å²) in [6.45, 7) is 3.55. The monoisotopic (exact) mass is 231 g/mol. The van der Waals surface area contributed by atoms with Crippen molar-refractivity contribution in [1.29, 1.82) is 0 Å². The van der Waals surface area contributed by atoms with Crippen LogP contribution < -0.4 is 5.32 Å². The molecule has 1 aromatic heterocycles. The first kappa shape index (κ1) is 11.7. The van der Waals surface area contributed by atoms with E-state index in [0.717, 1.165) is 18.2 Å². The number of hydrogen-bond donors (Lipinski definition) is 1. The lowest BCUT2D eigenvalue weighted by molar-refractivity contribution is 0.188. The summed E-state index contributed by atoms with van der Waals surface area (Å²) in [6.07, 6.45) is 3.72. The average Bonchev–Trinajstić information content (AvgIpc) is 2.77. The lowest BCUT2D eigenvalue weighted by Crippen LogP contribution is -2.07. The molecule has 1 aromatic carbocycles. The number of aryl methyl sites for hydroxylation is 1. The Balaban J connectivity index is 2.07. The third kappa shape index (κ3) is 3.07. The molecule has 0 aliphatic heterocycles. The number of benzene rings is 1. The molecule has 0 spiro atoms. The molecular formula is C13H17N3O. The molecule has 17 heavy (non-hydrogen) atoms. The minimum absolute atomic E-state index is 0.680. The van der Waals surface area contributed by atoms with Crippen LogP contribution in [0.2, 0.25) is 0 Å². The van der Waals surface area contributed by atoms with E-state index in [4.69, 9.17) is 4.74 Å². The zero-order valence-electron chi connectivity index (χ0n) is 10.2. The smallest absolute Gasteiger partial charge is 0.207 e. The van der Waals surface area contributed by atoms with Crippen LogP contribution in [0.1, 0.15) is 5.56 Å². The number of anilines is 2. The molecule has 0 bridgehead atoms. The van der Waals surface area contributed by atoms with Crippen LogP contribution in [0.5, 0.6) is 0 Å². The highest BCUT2D eigenvalue weighted by Crippen LogP contribution is 2.15. The molecule has 0 fully saturated rings. The van der Waals surface area contributed by atoms with Crippen LogP contribution in [-0.4, -0.2) is 23.3 Å². The molecule has 0 amide bonds. The first-order valence-corrected chi connectivity index (χ1v) is 5.63. The summed E-state index contributed by atoms with van der Waals surface area (Å²) in [4.78, 5) is 4.28. The molecule has 2 rings (SSSR count). The summed E-state index contributed by atoms with van der Waals surface area (Å²) >= 11 is 0. The normalized spacial score (nSPS) is 10.5. The van der Waals surface area contributed by atoms with E-state index in [0.29, 0.717) is 6.61 Å². The Hall–Kier alpha value is -1.81. The van der Waals surface area contributed by atoms with Crippen molar-refractivity contribution < 1.29 is 4.74 Å². The predicted molar refractivity (Wildman–Crippen MR) is 68.6 cm³/mol. The quantitative estimate of drug-likeness (QED) is 0.859. The number of nitrogens with one attached hydrogen (secondary N) is 1. The highest BCUT2D eigenvalue weighted by Gasteiger charge is 2.02. The van der Waals surface area contributed by atoms with E-state index in [1.807, 2.05) is 22.9 Å². The van der Waals surface area contributed by atoms with Gasteiger partial charge in [-0.2, -0.15) is 0 Å². The molecule has 0 unspecified atom stereocenters. The summed E-state index contributed by atoms with van der Waals surface area (Å²) in [5.74, 6) is 0.839. The summed E-state index contributed by atoms with van der Waals surface area (Å²) < 4.78 is 7.09. The Kier molecular flexibility index (Phi) is 3.77. The van der Waals surface area contributed by atoms with Crippen LogP contribution in [0.3, 0.4) is 0 Å². The molecule has 4 heteroatoms. The van der Waals surface area contributed by atoms with Gasteiger partial charge in [0, 0.05) is 31.7 Å². The number of imidazole rings is 1. The minimum Gasteiger partial charge on any atom is -0.383 e. The molecule has 90 valence electrons. The van der Waals surface area contributed by atoms with E-state index >= 15 is 0 Å². The lowest BCUT2D eigenvalue weighted by Gasteiger charge is -2.09. The number of aromatic nitrogens is 2. The van der Waals surface area contributed by atoms with Crippen LogP contribution in [0.25, 0.3) is 0 Å². The Bertz CT molecular complexity index is 462. The van der Waals surface area contributed by atoms with Gasteiger partial charge >= 0.3 is 0 Å². The maximum atomic E-state index is 5.06. The van der Waals surface area contributed by atoms with Crippen molar-refractivity contribution in [2.75, 3.05) is 19.0 Å². The van der Waals surface area contributed by atoms with Gasteiger partial charge < -0.3 is 14.6 Å². The molecule has 2 aromatic rings. The first-order chi connectivity index (χ1) is 8.29. The Labute approximate surface area is 101 Å². The third-order valence-corrected chi connectivity index (χ3v) is 2.56. The SMILES string of the molecule is COCCn1ccnc1Nc1ccc(C)cc1. The fourth-order valence-corrected chi connectivity index (χ4v) is 1.57. The number of nitrogens with zero attached hydrogens (tertiary/aromatic N) is 2. The highest BCUT2D eigenvalue weighted by atomic mass is 16.5. The summed E-state index contributed by atoms with van der Waals surface area (Å²) in [5, 5.41) is 3.28. The number of ether oxygens (including phenoxy) is 1. The van der Waals surface area contributed by atoms with E-state index in [2.05, 4.69) is 29.4 Å². The van der Waals surface area contributed by atoms with Gasteiger partial charge in [0.1, 0.15) is 0 Å². The molecule has 0 saturated heterocycles. The fraction of sp³-hybridized carbons (Fsp3) is 0.308. The average molecular weight is 231 g/mol. The Morgan fingerprint density at radius 1 is 1.29 bits per heavy atom. The fourth-order valence-electron chi connectivity index (χ4n) is 1.57. The topological polar surface area (TPSA) is 39.1 Å². The maximum absolute atomic E-state index is 5.06. The van der Waals surface area contributed by atoms with E-state index in [-0.39, 0.29) is 0 Å². The summed E-state index contributed by atoms with van der Waals surface area (Å²) in [5.41, 5.74) is 2.29. The van der Waals surface area contributed by atoms with E-state index < -0.39 is 0 Å². The van der Waals surface area contributed by atoms with Gasteiger partial charge in [-0.25, -0.2) is 4.98 Å². The van der Waals surface area contributed by atoms with Crippen molar-refractivity contribution in [3.63, 3.8) is 0 Å². The summed E-state index contributed by atoms with van der Waals surface area (Å²) in [7, 11) is 1.70. The van der Waals surface area contributed by atoms with Crippen molar-refractivity contribution in [2.24, 2.45) is 0 Å². The van der Waals surface area contributed by atoms with Gasteiger partial charge in [0.05, 0.1) is 6.61 Å². The second-order valence-corrected chi connectivity index (χ2v) is 3.93. The van der Waals surface area contributed by atoms with Gasteiger partial charge in [-0.1, -0.05) is 17.7 Å². The highest BCUT2D eigenvalue weighted by molar-refractivity contribution is 5.53. The van der Waals surface area contributed by atoms with Crippen molar-refractivity contribution in [2.45, 2.75) is 13.5 Å². The van der Waals surface area contributed by atoms with Crippen LogP contribution in [-0.2, 0) is 11.3 Å². The van der Waals surface area contributed by atoms with Gasteiger partial charge in [0.2, 0.25) is 5.95 Å².